The lowest BCUT2D eigenvalue weighted by atomic mass is 10.2. The van der Waals surface area contributed by atoms with E-state index in [2.05, 4.69) is 4.72 Å². The molecular formula is C14H16N2O5S3. The first-order valence-electron chi connectivity index (χ1n) is 7.08. The fraction of sp³-hybridized carbons (Fsp3) is 0.286. The van der Waals surface area contributed by atoms with Gasteiger partial charge in [-0.25, -0.2) is 16.8 Å². The molecule has 7 nitrogen and oxygen atoms in total. The van der Waals surface area contributed by atoms with E-state index in [1.807, 2.05) is 0 Å². The van der Waals surface area contributed by atoms with Gasteiger partial charge < -0.3 is 4.74 Å². The Bertz CT molecular complexity index is 937. The molecule has 1 fully saturated rings. The van der Waals surface area contributed by atoms with Crippen LogP contribution in [0.1, 0.15) is 6.42 Å². The number of sulfonamides is 2. The molecule has 130 valence electrons. The highest BCUT2D eigenvalue weighted by atomic mass is 32.2. The summed E-state index contributed by atoms with van der Waals surface area (Å²) in [7, 11) is -5.66. The van der Waals surface area contributed by atoms with Crippen molar-refractivity contribution in [2.75, 3.05) is 28.4 Å². The highest BCUT2D eigenvalue weighted by molar-refractivity contribution is 7.94. The first kappa shape index (κ1) is 17.1. The van der Waals surface area contributed by atoms with E-state index in [-0.39, 0.29) is 15.6 Å². The molecule has 24 heavy (non-hydrogen) atoms. The summed E-state index contributed by atoms with van der Waals surface area (Å²) < 4.78 is 58.1. The Morgan fingerprint density at radius 3 is 2.67 bits per heavy atom. The molecule has 0 radical (unpaired) electrons. The fourth-order valence-electron chi connectivity index (χ4n) is 2.48. The second-order valence-electron chi connectivity index (χ2n) is 5.17. The van der Waals surface area contributed by atoms with Crippen LogP contribution in [0.15, 0.2) is 39.9 Å². The van der Waals surface area contributed by atoms with E-state index in [0.29, 0.717) is 24.4 Å². The Morgan fingerprint density at radius 1 is 1.29 bits per heavy atom. The number of nitrogens with zero attached hydrogens (tertiary/aromatic N) is 1. The minimum absolute atomic E-state index is 0.0707. The van der Waals surface area contributed by atoms with Crippen LogP contribution in [-0.4, -0.2) is 36.2 Å². The van der Waals surface area contributed by atoms with Gasteiger partial charge in [0.2, 0.25) is 10.0 Å². The zero-order valence-corrected chi connectivity index (χ0v) is 15.2. The molecule has 2 aromatic rings. The predicted octanol–water partition coefficient (Wildman–Crippen LogP) is 2.10. The van der Waals surface area contributed by atoms with Crippen LogP contribution in [0.4, 0.5) is 11.4 Å². The summed E-state index contributed by atoms with van der Waals surface area (Å²) in [4.78, 5) is 0. The highest BCUT2D eigenvalue weighted by Crippen LogP contribution is 2.36. The number of hydrogen-bond acceptors (Lipinski definition) is 6. The minimum atomic E-state index is -3.70. The molecule has 0 bridgehead atoms. The van der Waals surface area contributed by atoms with Gasteiger partial charge in [0, 0.05) is 6.54 Å². The van der Waals surface area contributed by atoms with Crippen molar-refractivity contribution in [1.82, 2.24) is 0 Å². The van der Waals surface area contributed by atoms with Gasteiger partial charge in [0.25, 0.3) is 10.0 Å². The lowest BCUT2D eigenvalue weighted by Gasteiger charge is -2.20. The van der Waals surface area contributed by atoms with Gasteiger partial charge in [0.1, 0.15) is 9.96 Å². The van der Waals surface area contributed by atoms with Crippen LogP contribution in [0.25, 0.3) is 0 Å². The normalized spacial score (nSPS) is 17.0. The van der Waals surface area contributed by atoms with Gasteiger partial charge in [-0.15, -0.1) is 11.3 Å². The van der Waals surface area contributed by atoms with Crippen molar-refractivity contribution in [2.24, 2.45) is 0 Å². The molecule has 1 aliphatic rings. The zero-order chi connectivity index (χ0) is 17.4. The van der Waals surface area contributed by atoms with Crippen molar-refractivity contribution in [3.05, 3.63) is 35.7 Å². The average molecular weight is 388 g/mol. The number of benzene rings is 1. The smallest absolute Gasteiger partial charge is 0.271 e. The molecule has 0 unspecified atom stereocenters. The second-order valence-corrected chi connectivity index (χ2v) is 10.0. The van der Waals surface area contributed by atoms with Crippen LogP contribution in [-0.2, 0) is 20.0 Å². The van der Waals surface area contributed by atoms with Crippen LogP contribution < -0.4 is 13.8 Å². The molecule has 0 aliphatic carbocycles. The molecule has 0 atom stereocenters. The molecule has 1 aromatic carbocycles. The topological polar surface area (TPSA) is 92.8 Å². The summed E-state index contributed by atoms with van der Waals surface area (Å²) in [6.07, 6.45) is 0.524. The van der Waals surface area contributed by atoms with E-state index in [4.69, 9.17) is 4.74 Å². The lowest BCUT2D eigenvalue weighted by molar-refractivity contribution is 0.415. The predicted molar refractivity (Wildman–Crippen MR) is 93.9 cm³/mol. The van der Waals surface area contributed by atoms with Gasteiger partial charge in [0.05, 0.1) is 24.2 Å². The van der Waals surface area contributed by atoms with E-state index in [0.717, 1.165) is 11.3 Å². The Balaban J connectivity index is 1.98. The third-order valence-corrected chi connectivity index (χ3v) is 8.19. The average Bonchev–Trinajstić information content (AvgIpc) is 3.16. The number of nitrogens with one attached hydrogen (secondary N) is 1. The van der Waals surface area contributed by atoms with Gasteiger partial charge in [0.15, 0.2) is 0 Å². The lowest BCUT2D eigenvalue weighted by Crippen LogP contribution is -2.25. The summed E-state index contributed by atoms with van der Waals surface area (Å²) in [6.45, 7) is 0.347. The molecule has 1 saturated heterocycles. The van der Waals surface area contributed by atoms with E-state index < -0.39 is 20.0 Å². The number of anilines is 2. The Morgan fingerprint density at radius 2 is 2.08 bits per heavy atom. The highest BCUT2D eigenvalue weighted by Gasteiger charge is 2.31. The summed E-state index contributed by atoms with van der Waals surface area (Å²) in [5.74, 6) is 0.445. The van der Waals surface area contributed by atoms with Crippen LogP contribution in [0.2, 0.25) is 0 Å². The van der Waals surface area contributed by atoms with Crippen LogP contribution >= 0.6 is 11.3 Å². The molecule has 10 heteroatoms. The van der Waals surface area contributed by atoms with Gasteiger partial charge >= 0.3 is 0 Å². The standard InChI is InChI=1S/C14H16N2O5S3/c1-21-13-6-5-11(15-24(19,20)14-4-2-8-22-14)10-12(13)16-7-3-9-23(16,17)18/h2,4-6,8,10,15H,3,7,9H2,1H3. The SMILES string of the molecule is COc1ccc(NS(=O)(=O)c2cccs2)cc1N1CCCS1(=O)=O. The summed E-state index contributed by atoms with van der Waals surface area (Å²) in [5, 5.41) is 1.67. The van der Waals surface area contributed by atoms with Crippen molar-refractivity contribution in [3.8, 4) is 5.75 Å². The molecule has 1 aliphatic heterocycles. The van der Waals surface area contributed by atoms with Gasteiger partial charge in [-0.05, 0) is 36.1 Å². The number of rotatable bonds is 5. The summed E-state index contributed by atoms with van der Waals surface area (Å²) in [6, 6.07) is 7.72. The van der Waals surface area contributed by atoms with Crippen LogP contribution in [0, 0.1) is 0 Å². The minimum Gasteiger partial charge on any atom is -0.495 e. The van der Waals surface area contributed by atoms with E-state index in [1.54, 1.807) is 17.5 Å². The molecule has 0 amide bonds. The summed E-state index contributed by atoms with van der Waals surface area (Å²) >= 11 is 1.10. The van der Waals surface area contributed by atoms with Gasteiger partial charge in [-0.1, -0.05) is 6.07 Å². The van der Waals surface area contributed by atoms with Crippen molar-refractivity contribution in [1.29, 1.82) is 0 Å². The molecule has 1 N–H and O–H groups in total. The number of hydrogen-bond donors (Lipinski definition) is 1. The third-order valence-electron chi connectivity index (χ3n) is 3.56. The van der Waals surface area contributed by atoms with E-state index >= 15 is 0 Å². The number of ether oxygens (including phenoxy) is 1. The van der Waals surface area contributed by atoms with Gasteiger partial charge in [-0.3, -0.25) is 9.03 Å². The van der Waals surface area contributed by atoms with Crippen LogP contribution in [0.5, 0.6) is 5.75 Å². The number of thiophene rings is 1. The van der Waals surface area contributed by atoms with Crippen molar-refractivity contribution >= 4 is 42.8 Å². The second kappa shape index (κ2) is 6.26. The first-order chi connectivity index (χ1) is 11.3. The van der Waals surface area contributed by atoms with E-state index in [9.17, 15) is 16.8 Å². The molecule has 0 spiro atoms. The largest absolute Gasteiger partial charge is 0.495 e. The van der Waals surface area contributed by atoms with Crippen molar-refractivity contribution < 1.29 is 21.6 Å². The van der Waals surface area contributed by atoms with E-state index in [1.165, 1.54) is 29.6 Å². The molecular weight excluding hydrogens is 372 g/mol. The van der Waals surface area contributed by atoms with Gasteiger partial charge in [-0.2, -0.15) is 0 Å². The number of methoxy groups -OCH3 is 1. The van der Waals surface area contributed by atoms with Crippen LogP contribution in [0.3, 0.4) is 0 Å². The quantitative estimate of drug-likeness (QED) is 0.847. The molecule has 2 heterocycles. The first-order valence-corrected chi connectivity index (χ1v) is 11.1. The third kappa shape index (κ3) is 3.21. The maximum Gasteiger partial charge on any atom is 0.271 e. The summed E-state index contributed by atoms with van der Waals surface area (Å²) in [5.41, 5.74) is 0.614. The monoisotopic (exact) mass is 388 g/mol. The fourth-order valence-corrected chi connectivity index (χ4v) is 6.09. The van der Waals surface area contributed by atoms with Crippen molar-refractivity contribution in [3.63, 3.8) is 0 Å². The molecule has 3 rings (SSSR count). The Hall–Kier alpha value is -1.78. The molecule has 0 saturated carbocycles. The Labute approximate surface area is 145 Å². The molecule has 1 aromatic heterocycles. The maximum absolute atomic E-state index is 12.3. The zero-order valence-electron chi connectivity index (χ0n) is 12.8. The Kier molecular flexibility index (Phi) is 4.45. The maximum atomic E-state index is 12.3. The van der Waals surface area contributed by atoms with Crippen molar-refractivity contribution in [2.45, 2.75) is 10.6 Å².